The summed E-state index contributed by atoms with van der Waals surface area (Å²) in [6, 6.07) is 19.8. The Morgan fingerprint density at radius 1 is 1.06 bits per heavy atom. The molecule has 0 N–H and O–H groups in total. The number of carbonyl (C=O) groups is 3. The highest BCUT2D eigenvalue weighted by Gasteiger charge is 2.36. The summed E-state index contributed by atoms with van der Waals surface area (Å²) in [5, 5.41) is 0.00861. The van der Waals surface area contributed by atoms with Crippen molar-refractivity contribution in [2.45, 2.75) is 13.5 Å². The zero-order chi connectivity index (χ0) is 25.7. The number of carbonyl (C=O) groups excluding carboxylic acids is 3. The van der Waals surface area contributed by atoms with E-state index < -0.39 is 11.1 Å². The lowest BCUT2D eigenvalue weighted by atomic mass is 10.1. The standard InChI is InChI=1S/C27H21ClINO5S/c1-2-34-23-13-18(12-21(29)25(23)35-16-17-6-4-3-5-7-17)14-24-26(32)30(27(33)36-24)15-22(31)19-8-10-20(28)11-9-19/h3-14H,2,15-16H2,1H3/b24-14+. The second kappa shape index (κ2) is 11.9. The molecule has 0 spiro atoms. The van der Waals surface area contributed by atoms with Crippen LogP contribution in [-0.2, 0) is 11.4 Å². The van der Waals surface area contributed by atoms with Crippen molar-refractivity contribution in [2.24, 2.45) is 0 Å². The second-order valence-corrected chi connectivity index (χ2v) is 10.3. The fourth-order valence-corrected chi connectivity index (χ4v) is 5.21. The van der Waals surface area contributed by atoms with Gasteiger partial charge in [0.05, 0.1) is 21.6 Å². The van der Waals surface area contributed by atoms with Gasteiger partial charge in [-0.05, 0) is 94.9 Å². The molecule has 3 aromatic carbocycles. The van der Waals surface area contributed by atoms with E-state index in [4.69, 9.17) is 21.1 Å². The first kappa shape index (κ1) is 26.2. The zero-order valence-electron chi connectivity index (χ0n) is 19.2. The first-order valence-electron chi connectivity index (χ1n) is 11.0. The van der Waals surface area contributed by atoms with Crippen molar-refractivity contribution in [3.63, 3.8) is 0 Å². The van der Waals surface area contributed by atoms with Crippen LogP contribution in [0.4, 0.5) is 4.79 Å². The largest absolute Gasteiger partial charge is 0.490 e. The van der Waals surface area contributed by atoms with Crippen molar-refractivity contribution in [3.8, 4) is 11.5 Å². The number of thioether (sulfide) groups is 1. The maximum Gasteiger partial charge on any atom is 0.293 e. The van der Waals surface area contributed by atoms with E-state index in [1.807, 2.05) is 43.3 Å². The molecule has 36 heavy (non-hydrogen) atoms. The monoisotopic (exact) mass is 633 g/mol. The number of amides is 2. The Kier molecular flexibility index (Phi) is 8.71. The van der Waals surface area contributed by atoms with Crippen LogP contribution in [-0.4, -0.2) is 35.0 Å². The van der Waals surface area contributed by atoms with Gasteiger partial charge < -0.3 is 9.47 Å². The molecule has 1 fully saturated rings. The fourth-order valence-electron chi connectivity index (χ4n) is 3.46. The predicted molar refractivity (Wildman–Crippen MR) is 150 cm³/mol. The van der Waals surface area contributed by atoms with Crippen LogP contribution in [0.1, 0.15) is 28.4 Å². The van der Waals surface area contributed by atoms with Crippen molar-refractivity contribution in [1.29, 1.82) is 0 Å². The van der Waals surface area contributed by atoms with Crippen LogP contribution in [0.2, 0.25) is 5.02 Å². The summed E-state index contributed by atoms with van der Waals surface area (Å²) in [6.07, 6.45) is 1.63. The number of Topliss-reactive ketones (excluding diaryl/α,β-unsaturated/α-hetero) is 1. The van der Waals surface area contributed by atoms with Crippen LogP contribution in [0.5, 0.6) is 11.5 Å². The molecule has 1 aliphatic rings. The van der Waals surface area contributed by atoms with Gasteiger partial charge in [-0.25, -0.2) is 0 Å². The molecule has 1 aliphatic heterocycles. The molecule has 0 saturated carbocycles. The molecule has 3 aromatic rings. The highest BCUT2D eigenvalue weighted by Crippen LogP contribution is 2.38. The van der Waals surface area contributed by atoms with Crippen molar-refractivity contribution in [2.75, 3.05) is 13.2 Å². The highest BCUT2D eigenvalue weighted by atomic mass is 127. The van der Waals surface area contributed by atoms with E-state index in [9.17, 15) is 14.4 Å². The summed E-state index contributed by atoms with van der Waals surface area (Å²) in [4.78, 5) is 39.2. The maximum atomic E-state index is 12.9. The van der Waals surface area contributed by atoms with Gasteiger partial charge in [-0.15, -0.1) is 0 Å². The van der Waals surface area contributed by atoms with Gasteiger partial charge in [-0.1, -0.05) is 41.9 Å². The van der Waals surface area contributed by atoms with Crippen LogP contribution in [0.25, 0.3) is 6.08 Å². The van der Waals surface area contributed by atoms with E-state index in [1.54, 1.807) is 36.4 Å². The molecular weight excluding hydrogens is 613 g/mol. The molecule has 0 atom stereocenters. The molecule has 184 valence electrons. The predicted octanol–water partition coefficient (Wildman–Crippen LogP) is 6.84. The number of nitrogens with zero attached hydrogens (tertiary/aromatic N) is 1. The summed E-state index contributed by atoms with van der Waals surface area (Å²) < 4.78 is 12.7. The van der Waals surface area contributed by atoms with Crippen molar-refractivity contribution in [3.05, 3.63) is 96.9 Å². The van der Waals surface area contributed by atoms with E-state index in [-0.39, 0.29) is 17.2 Å². The highest BCUT2D eigenvalue weighted by molar-refractivity contribution is 14.1. The Morgan fingerprint density at radius 3 is 2.47 bits per heavy atom. The van der Waals surface area contributed by atoms with Crippen molar-refractivity contribution < 1.29 is 23.9 Å². The van der Waals surface area contributed by atoms with Gasteiger partial charge in [0.25, 0.3) is 11.1 Å². The molecule has 0 aliphatic carbocycles. The molecular formula is C27H21ClINO5S. The SMILES string of the molecule is CCOc1cc(/C=C2/SC(=O)N(CC(=O)c3ccc(Cl)cc3)C2=O)cc(I)c1OCc1ccccc1. The van der Waals surface area contributed by atoms with Crippen LogP contribution >= 0.6 is 46.0 Å². The Hall–Kier alpha value is -2.82. The van der Waals surface area contributed by atoms with Crippen LogP contribution in [0.3, 0.4) is 0 Å². The van der Waals surface area contributed by atoms with Gasteiger partial charge in [0, 0.05) is 10.6 Å². The Balaban J connectivity index is 1.53. The minimum Gasteiger partial charge on any atom is -0.490 e. The summed E-state index contributed by atoms with van der Waals surface area (Å²) in [6.45, 7) is 2.36. The number of halogens is 2. The van der Waals surface area contributed by atoms with Gasteiger partial charge in [0.2, 0.25) is 0 Å². The lowest BCUT2D eigenvalue weighted by Crippen LogP contribution is -2.33. The molecule has 1 saturated heterocycles. The fraction of sp³-hybridized carbons (Fsp3) is 0.148. The molecule has 0 aromatic heterocycles. The topological polar surface area (TPSA) is 72.9 Å². The van der Waals surface area contributed by atoms with Crippen LogP contribution in [0, 0.1) is 3.57 Å². The van der Waals surface area contributed by atoms with E-state index in [2.05, 4.69) is 22.6 Å². The minimum absolute atomic E-state index is 0.236. The second-order valence-electron chi connectivity index (χ2n) is 7.74. The lowest BCUT2D eigenvalue weighted by molar-refractivity contribution is -0.122. The third kappa shape index (κ3) is 6.29. The zero-order valence-corrected chi connectivity index (χ0v) is 22.9. The van der Waals surface area contributed by atoms with Gasteiger partial charge in [-0.3, -0.25) is 19.3 Å². The molecule has 4 rings (SSSR count). The Bertz CT molecular complexity index is 1330. The van der Waals surface area contributed by atoms with E-state index >= 15 is 0 Å². The molecule has 2 amide bonds. The molecule has 0 unspecified atom stereocenters. The number of benzene rings is 3. The Morgan fingerprint density at radius 2 is 1.78 bits per heavy atom. The third-order valence-electron chi connectivity index (χ3n) is 5.20. The maximum absolute atomic E-state index is 12.9. The average molecular weight is 634 g/mol. The number of hydrogen-bond acceptors (Lipinski definition) is 6. The smallest absolute Gasteiger partial charge is 0.293 e. The van der Waals surface area contributed by atoms with E-state index in [0.29, 0.717) is 40.9 Å². The summed E-state index contributed by atoms with van der Waals surface area (Å²) >= 11 is 8.83. The molecule has 1 heterocycles. The molecule has 0 radical (unpaired) electrons. The number of rotatable bonds is 9. The summed E-state index contributed by atoms with van der Waals surface area (Å²) in [7, 11) is 0. The lowest BCUT2D eigenvalue weighted by Gasteiger charge is -2.15. The average Bonchev–Trinajstić information content (AvgIpc) is 3.12. The molecule has 6 nitrogen and oxygen atoms in total. The van der Waals surface area contributed by atoms with Crippen molar-refractivity contribution in [1.82, 2.24) is 4.90 Å². The summed E-state index contributed by atoms with van der Waals surface area (Å²) in [5.74, 6) is 0.303. The third-order valence-corrected chi connectivity index (χ3v) is 7.16. The summed E-state index contributed by atoms with van der Waals surface area (Å²) in [5.41, 5.74) is 2.09. The molecule has 0 bridgehead atoms. The Labute approximate surface area is 231 Å². The first-order valence-corrected chi connectivity index (χ1v) is 13.3. The van der Waals surface area contributed by atoms with Gasteiger partial charge in [0.1, 0.15) is 6.61 Å². The first-order chi connectivity index (χ1) is 17.4. The van der Waals surface area contributed by atoms with Crippen molar-refractivity contribution >= 4 is 69.0 Å². The van der Waals surface area contributed by atoms with Crippen LogP contribution in [0.15, 0.2) is 71.6 Å². The van der Waals surface area contributed by atoms with Gasteiger partial charge >= 0.3 is 0 Å². The number of hydrogen-bond donors (Lipinski definition) is 0. The molecule has 9 heteroatoms. The quantitative estimate of drug-likeness (QED) is 0.146. The number of ether oxygens (including phenoxy) is 2. The van der Waals surface area contributed by atoms with E-state index in [0.717, 1.165) is 25.8 Å². The number of imide groups is 1. The minimum atomic E-state index is -0.510. The van der Waals surface area contributed by atoms with Gasteiger partial charge in [0.15, 0.2) is 17.3 Å². The van der Waals surface area contributed by atoms with Crippen LogP contribution < -0.4 is 9.47 Å². The normalized spacial score (nSPS) is 14.4. The van der Waals surface area contributed by atoms with E-state index in [1.165, 1.54) is 0 Å². The number of ketones is 1. The van der Waals surface area contributed by atoms with Gasteiger partial charge in [-0.2, -0.15) is 0 Å².